The second-order valence-electron chi connectivity index (χ2n) is 5.33. The Kier molecular flexibility index (Phi) is 5.49. The molecule has 1 N–H and O–H groups in total. The quantitative estimate of drug-likeness (QED) is 0.848. The number of likely N-dealkylation sites (N-methyl/N-ethyl adjacent to an activating group) is 1. The number of nitrogens with one attached hydrogen (secondary N) is 1. The fourth-order valence-electron chi connectivity index (χ4n) is 2.41. The molecule has 1 aromatic heterocycles. The first kappa shape index (κ1) is 15.4. The topological polar surface area (TPSA) is 29.9 Å². The van der Waals surface area contributed by atoms with Crippen LogP contribution in [0.1, 0.15) is 26.6 Å². The van der Waals surface area contributed by atoms with Crippen molar-refractivity contribution in [1.29, 1.82) is 0 Å². The molecule has 0 saturated heterocycles. The average molecular weight is 291 g/mol. The summed E-state index contributed by atoms with van der Waals surface area (Å²) in [4.78, 5) is 4.81. The number of para-hydroxylation sites is 2. The Labute approximate surface area is 126 Å². The minimum atomic E-state index is 0.476. The Morgan fingerprint density at radius 1 is 1.30 bits per heavy atom. The molecule has 110 valence electrons. The summed E-state index contributed by atoms with van der Waals surface area (Å²) >= 11 is 2.00. The summed E-state index contributed by atoms with van der Waals surface area (Å²) in [5, 5.41) is 4.10. The van der Waals surface area contributed by atoms with Gasteiger partial charge in [-0.3, -0.25) is 0 Å². The molecule has 1 aromatic carbocycles. The maximum atomic E-state index is 4.81. The van der Waals surface area contributed by atoms with Gasteiger partial charge in [0, 0.05) is 24.8 Å². The van der Waals surface area contributed by atoms with Crippen LogP contribution < -0.4 is 5.32 Å². The minimum absolute atomic E-state index is 0.476. The zero-order chi connectivity index (χ0) is 14.5. The van der Waals surface area contributed by atoms with Gasteiger partial charge in [-0.25, -0.2) is 4.98 Å². The van der Waals surface area contributed by atoms with Crippen molar-refractivity contribution in [2.75, 3.05) is 12.8 Å². The van der Waals surface area contributed by atoms with E-state index in [4.69, 9.17) is 4.98 Å². The van der Waals surface area contributed by atoms with Crippen molar-refractivity contribution in [3.05, 3.63) is 30.1 Å². The molecule has 0 aliphatic rings. The standard InChI is InChI=1S/C16H25N3S/c1-5-19-15-9-7-6-8-14(15)18-16(19)10-13(17-4)11-20-12(2)3/h6-9,12-13,17H,5,10-11H2,1-4H3. The van der Waals surface area contributed by atoms with E-state index in [9.17, 15) is 0 Å². The van der Waals surface area contributed by atoms with Crippen LogP contribution >= 0.6 is 11.8 Å². The van der Waals surface area contributed by atoms with Gasteiger partial charge in [-0.2, -0.15) is 11.8 Å². The molecule has 1 unspecified atom stereocenters. The Bertz CT molecular complexity index is 548. The van der Waals surface area contributed by atoms with Crippen LogP contribution in [0, 0.1) is 0 Å². The Morgan fingerprint density at radius 2 is 2.05 bits per heavy atom. The number of aryl methyl sites for hydroxylation is 1. The third kappa shape index (κ3) is 3.55. The molecule has 0 fully saturated rings. The molecule has 1 atom stereocenters. The van der Waals surface area contributed by atoms with Gasteiger partial charge in [0.15, 0.2) is 0 Å². The number of hydrogen-bond donors (Lipinski definition) is 1. The molecule has 0 amide bonds. The number of hydrogen-bond acceptors (Lipinski definition) is 3. The van der Waals surface area contributed by atoms with E-state index in [0.717, 1.165) is 24.2 Å². The summed E-state index contributed by atoms with van der Waals surface area (Å²) in [6.07, 6.45) is 0.985. The summed E-state index contributed by atoms with van der Waals surface area (Å²) < 4.78 is 2.33. The van der Waals surface area contributed by atoms with Crippen molar-refractivity contribution in [2.24, 2.45) is 0 Å². The highest BCUT2D eigenvalue weighted by Crippen LogP contribution is 2.18. The van der Waals surface area contributed by atoms with Gasteiger partial charge >= 0.3 is 0 Å². The summed E-state index contributed by atoms with van der Waals surface area (Å²) in [6.45, 7) is 7.66. The molecule has 0 bridgehead atoms. The highest BCUT2D eigenvalue weighted by atomic mass is 32.2. The maximum Gasteiger partial charge on any atom is 0.111 e. The third-order valence-electron chi connectivity index (χ3n) is 3.52. The lowest BCUT2D eigenvalue weighted by Gasteiger charge is -2.17. The molecular weight excluding hydrogens is 266 g/mol. The smallest absolute Gasteiger partial charge is 0.111 e. The molecule has 4 heteroatoms. The number of benzene rings is 1. The lowest BCUT2D eigenvalue weighted by Crippen LogP contribution is -2.31. The maximum absolute atomic E-state index is 4.81. The lowest BCUT2D eigenvalue weighted by molar-refractivity contribution is 0.577. The van der Waals surface area contributed by atoms with E-state index in [1.807, 2.05) is 18.8 Å². The van der Waals surface area contributed by atoms with Gasteiger partial charge in [0.05, 0.1) is 11.0 Å². The predicted molar refractivity (Wildman–Crippen MR) is 89.6 cm³/mol. The second kappa shape index (κ2) is 7.14. The summed E-state index contributed by atoms with van der Waals surface area (Å²) in [6, 6.07) is 8.88. The number of nitrogens with zero attached hydrogens (tertiary/aromatic N) is 2. The minimum Gasteiger partial charge on any atom is -0.328 e. The Hall–Kier alpha value is -1.00. The van der Waals surface area contributed by atoms with E-state index in [0.29, 0.717) is 11.3 Å². The van der Waals surface area contributed by atoms with E-state index < -0.39 is 0 Å². The molecule has 2 rings (SSSR count). The number of thioether (sulfide) groups is 1. The zero-order valence-corrected chi connectivity index (χ0v) is 13.7. The van der Waals surface area contributed by atoms with Crippen LogP contribution in [0.2, 0.25) is 0 Å². The molecule has 3 nitrogen and oxygen atoms in total. The number of imidazole rings is 1. The molecule has 0 saturated carbocycles. The number of fused-ring (bicyclic) bond motifs is 1. The molecule has 0 aliphatic heterocycles. The molecule has 0 spiro atoms. The fraction of sp³-hybridized carbons (Fsp3) is 0.562. The van der Waals surface area contributed by atoms with Crippen molar-refractivity contribution in [2.45, 2.75) is 45.0 Å². The van der Waals surface area contributed by atoms with Gasteiger partial charge in [0.1, 0.15) is 5.82 Å². The normalized spacial score (nSPS) is 13.2. The van der Waals surface area contributed by atoms with Gasteiger partial charge in [0.2, 0.25) is 0 Å². The van der Waals surface area contributed by atoms with Crippen LogP contribution in [0.3, 0.4) is 0 Å². The monoisotopic (exact) mass is 291 g/mol. The van der Waals surface area contributed by atoms with E-state index in [1.165, 1.54) is 11.3 Å². The third-order valence-corrected chi connectivity index (χ3v) is 4.78. The van der Waals surface area contributed by atoms with Crippen LogP contribution in [0.15, 0.2) is 24.3 Å². The first-order valence-corrected chi connectivity index (χ1v) is 8.43. The van der Waals surface area contributed by atoms with Crippen LogP contribution in [-0.2, 0) is 13.0 Å². The van der Waals surface area contributed by atoms with E-state index in [2.05, 4.69) is 54.9 Å². The van der Waals surface area contributed by atoms with Crippen molar-refractivity contribution < 1.29 is 0 Å². The largest absolute Gasteiger partial charge is 0.328 e. The number of rotatable bonds is 7. The molecule has 2 aromatic rings. The first-order chi connectivity index (χ1) is 9.65. The molecule has 0 radical (unpaired) electrons. The van der Waals surface area contributed by atoms with Crippen molar-refractivity contribution in [3.8, 4) is 0 Å². The van der Waals surface area contributed by atoms with Crippen LogP contribution in [0.5, 0.6) is 0 Å². The van der Waals surface area contributed by atoms with Crippen molar-refractivity contribution >= 4 is 22.8 Å². The van der Waals surface area contributed by atoms with Crippen LogP contribution in [0.25, 0.3) is 11.0 Å². The second-order valence-corrected chi connectivity index (χ2v) is 6.94. The van der Waals surface area contributed by atoms with Gasteiger partial charge in [-0.15, -0.1) is 0 Å². The Balaban J connectivity index is 2.19. The van der Waals surface area contributed by atoms with Gasteiger partial charge in [-0.05, 0) is 31.4 Å². The summed E-state index contributed by atoms with van der Waals surface area (Å²) in [5.74, 6) is 2.32. The zero-order valence-electron chi connectivity index (χ0n) is 12.9. The molecule has 1 heterocycles. The first-order valence-electron chi connectivity index (χ1n) is 7.38. The highest BCUT2D eigenvalue weighted by molar-refractivity contribution is 7.99. The van der Waals surface area contributed by atoms with Crippen LogP contribution in [-0.4, -0.2) is 33.6 Å². The molecule has 20 heavy (non-hydrogen) atoms. The van der Waals surface area contributed by atoms with Gasteiger partial charge in [0.25, 0.3) is 0 Å². The van der Waals surface area contributed by atoms with E-state index in [1.54, 1.807) is 0 Å². The Morgan fingerprint density at radius 3 is 2.70 bits per heavy atom. The molecular formula is C16H25N3S. The SMILES string of the molecule is CCn1c(CC(CSC(C)C)NC)nc2ccccc21. The van der Waals surface area contributed by atoms with E-state index >= 15 is 0 Å². The summed E-state index contributed by atoms with van der Waals surface area (Å²) in [5.41, 5.74) is 2.35. The lowest BCUT2D eigenvalue weighted by atomic mass is 10.2. The van der Waals surface area contributed by atoms with Gasteiger partial charge in [-0.1, -0.05) is 26.0 Å². The van der Waals surface area contributed by atoms with Crippen molar-refractivity contribution in [1.82, 2.24) is 14.9 Å². The van der Waals surface area contributed by atoms with Crippen molar-refractivity contribution in [3.63, 3.8) is 0 Å². The van der Waals surface area contributed by atoms with E-state index in [-0.39, 0.29) is 0 Å². The number of aromatic nitrogens is 2. The average Bonchev–Trinajstić information content (AvgIpc) is 2.80. The highest BCUT2D eigenvalue weighted by Gasteiger charge is 2.14. The molecule has 0 aliphatic carbocycles. The van der Waals surface area contributed by atoms with Crippen LogP contribution in [0.4, 0.5) is 0 Å². The summed E-state index contributed by atoms with van der Waals surface area (Å²) in [7, 11) is 2.05. The predicted octanol–water partition coefficient (Wildman–Crippen LogP) is 3.33. The van der Waals surface area contributed by atoms with Gasteiger partial charge < -0.3 is 9.88 Å². The fourth-order valence-corrected chi connectivity index (χ4v) is 3.31.